The van der Waals surface area contributed by atoms with Crippen molar-refractivity contribution in [2.45, 2.75) is 25.2 Å². The molecule has 1 atom stereocenters. The minimum absolute atomic E-state index is 0.0348. The van der Waals surface area contributed by atoms with Crippen molar-refractivity contribution in [2.75, 3.05) is 13.7 Å². The highest BCUT2D eigenvalue weighted by atomic mass is 19.4. The van der Waals surface area contributed by atoms with Gasteiger partial charge < -0.3 is 14.8 Å². The molecule has 11 heteroatoms. The van der Waals surface area contributed by atoms with Crippen molar-refractivity contribution < 1.29 is 31.8 Å². The molecule has 0 saturated heterocycles. The van der Waals surface area contributed by atoms with E-state index in [4.69, 9.17) is 4.74 Å². The van der Waals surface area contributed by atoms with E-state index in [0.29, 0.717) is 0 Å². The number of hydrogen-bond acceptors (Lipinski definition) is 5. The zero-order chi connectivity index (χ0) is 22.6. The lowest BCUT2D eigenvalue weighted by Crippen LogP contribution is -2.33. The van der Waals surface area contributed by atoms with Crippen LogP contribution in [-0.2, 0) is 4.74 Å². The summed E-state index contributed by atoms with van der Waals surface area (Å²) >= 11 is 0. The van der Waals surface area contributed by atoms with Gasteiger partial charge >= 0.3 is 6.36 Å². The Morgan fingerprint density at radius 3 is 2.71 bits per heavy atom. The minimum atomic E-state index is -5.05. The molecule has 1 amide bonds. The van der Waals surface area contributed by atoms with Crippen LogP contribution in [0.5, 0.6) is 5.75 Å². The third-order valence-electron chi connectivity index (χ3n) is 4.17. The number of halogens is 4. The lowest BCUT2D eigenvalue weighted by atomic mass is 10.1. The third kappa shape index (κ3) is 6.55. The molecule has 0 unspecified atom stereocenters. The van der Waals surface area contributed by atoms with Gasteiger partial charge in [-0.15, -0.1) is 13.2 Å². The highest BCUT2D eigenvalue weighted by Crippen LogP contribution is 2.28. The first kappa shape index (κ1) is 22.3. The Balaban J connectivity index is 1.80. The van der Waals surface area contributed by atoms with Crippen molar-refractivity contribution in [3.8, 4) is 17.6 Å². The van der Waals surface area contributed by atoms with E-state index in [1.807, 2.05) is 0 Å². The fourth-order valence-electron chi connectivity index (χ4n) is 2.59. The standard InChI is InChI=1S/C20H17F4N3O4/c1-30-10-15(12-5-6-16(13(21)8-12)31-20(22,23)24)26-19(29)14-9-18(28)27-17(25-14)7-4-11-2-3-11/h5-6,8-9,11,15H,2-3,10H2,1H3,(H,26,29)(H,25,27,28)/t15-/m1/s1. The number of carbonyl (C=O) groups excluding carboxylic acids is 1. The topological polar surface area (TPSA) is 93.3 Å². The van der Waals surface area contributed by atoms with E-state index in [1.165, 1.54) is 7.11 Å². The van der Waals surface area contributed by atoms with Crippen LogP contribution in [0.25, 0.3) is 0 Å². The van der Waals surface area contributed by atoms with Crippen LogP contribution in [0.15, 0.2) is 29.1 Å². The average molecular weight is 439 g/mol. The first-order valence-electron chi connectivity index (χ1n) is 9.12. The van der Waals surface area contributed by atoms with E-state index in [0.717, 1.165) is 37.1 Å². The number of carbonyl (C=O) groups is 1. The Kier molecular flexibility index (Phi) is 6.60. The van der Waals surface area contributed by atoms with Gasteiger partial charge in [-0.05, 0) is 36.5 Å². The molecule has 1 aromatic carbocycles. The maximum Gasteiger partial charge on any atom is 0.573 e. The van der Waals surface area contributed by atoms with Crippen molar-refractivity contribution in [3.63, 3.8) is 0 Å². The molecule has 0 aliphatic heterocycles. The predicted octanol–water partition coefficient (Wildman–Crippen LogP) is 2.69. The number of methoxy groups -OCH3 is 1. The monoisotopic (exact) mass is 439 g/mol. The molecule has 164 valence electrons. The summed E-state index contributed by atoms with van der Waals surface area (Å²) in [7, 11) is 1.33. The average Bonchev–Trinajstić information content (AvgIpc) is 3.51. The first-order valence-corrected chi connectivity index (χ1v) is 9.12. The Morgan fingerprint density at radius 1 is 1.35 bits per heavy atom. The zero-order valence-electron chi connectivity index (χ0n) is 16.2. The smallest absolute Gasteiger partial charge is 0.403 e. The number of H-pyrrole nitrogens is 1. The van der Waals surface area contributed by atoms with Crippen molar-refractivity contribution in [3.05, 3.63) is 57.5 Å². The molecule has 2 aromatic rings. The normalized spacial score (nSPS) is 14.4. The van der Waals surface area contributed by atoms with Crippen LogP contribution in [0.1, 0.15) is 40.8 Å². The Labute approximate surface area is 173 Å². The maximum atomic E-state index is 14.1. The summed E-state index contributed by atoms with van der Waals surface area (Å²) in [5.41, 5.74) is -0.675. The lowest BCUT2D eigenvalue weighted by Gasteiger charge is -2.19. The molecule has 7 nitrogen and oxygen atoms in total. The molecule has 2 N–H and O–H groups in total. The molecule has 1 heterocycles. The van der Waals surface area contributed by atoms with Gasteiger partial charge in [-0.3, -0.25) is 14.6 Å². The summed E-state index contributed by atoms with van der Waals surface area (Å²) in [6.45, 7) is -0.123. The molecule has 0 radical (unpaired) electrons. The van der Waals surface area contributed by atoms with Crippen LogP contribution >= 0.6 is 0 Å². The molecule has 1 aromatic heterocycles. The maximum absolute atomic E-state index is 14.1. The van der Waals surface area contributed by atoms with Gasteiger partial charge in [0.05, 0.1) is 12.6 Å². The zero-order valence-corrected chi connectivity index (χ0v) is 16.2. The SMILES string of the molecule is COC[C@@H](NC(=O)c1cc(=O)[nH]c(C#CC2CC2)n1)c1ccc(OC(F)(F)F)c(F)c1. The molecule has 1 fully saturated rings. The van der Waals surface area contributed by atoms with E-state index < -0.39 is 35.4 Å². The summed E-state index contributed by atoms with van der Waals surface area (Å²) in [4.78, 5) is 30.9. The molecule has 0 spiro atoms. The van der Waals surface area contributed by atoms with Gasteiger partial charge in [0.1, 0.15) is 5.69 Å². The van der Waals surface area contributed by atoms with E-state index in [9.17, 15) is 27.2 Å². The van der Waals surface area contributed by atoms with E-state index in [2.05, 4.69) is 31.9 Å². The number of aromatic amines is 1. The highest BCUT2D eigenvalue weighted by molar-refractivity contribution is 5.92. The summed E-state index contributed by atoms with van der Waals surface area (Å²) in [6.07, 6.45) is -3.10. The van der Waals surface area contributed by atoms with Crippen LogP contribution in [0.4, 0.5) is 17.6 Å². The number of ether oxygens (including phenoxy) is 2. The number of nitrogens with one attached hydrogen (secondary N) is 2. The van der Waals surface area contributed by atoms with Gasteiger partial charge in [0, 0.05) is 19.1 Å². The van der Waals surface area contributed by atoms with Crippen LogP contribution in [0, 0.1) is 23.6 Å². The molecule has 1 saturated carbocycles. The van der Waals surface area contributed by atoms with Crippen molar-refractivity contribution >= 4 is 5.91 Å². The predicted molar refractivity (Wildman–Crippen MR) is 99.6 cm³/mol. The Hall–Kier alpha value is -3.39. The molecule has 3 rings (SSSR count). The van der Waals surface area contributed by atoms with Gasteiger partial charge in [-0.2, -0.15) is 0 Å². The Morgan fingerprint density at radius 2 is 2.10 bits per heavy atom. The molecular weight excluding hydrogens is 422 g/mol. The number of alkyl halides is 3. The largest absolute Gasteiger partial charge is 0.573 e. The number of hydrogen-bond donors (Lipinski definition) is 2. The Bertz CT molecular complexity index is 1080. The van der Waals surface area contributed by atoms with Crippen molar-refractivity contribution in [1.82, 2.24) is 15.3 Å². The molecule has 1 aliphatic rings. The molecule has 1 aliphatic carbocycles. The van der Waals surface area contributed by atoms with Gasteiger partial charge in [-0.1, -0.05) is 12.0 Å². The third-order valence-corrected chi connectivity index (χ3v) is 4.17. The fourth-order valence-corrected chi connectivity index (χ4v) is 2.59. The van der Waals surface area contributed by atoms with Crippen LogP contribution in [-0.4, -0.2) is 36.0 Å². The van der Waals surface area contributed by atoms with Crippen LogP contribution in [0.3, 0.4) is 0 Å². The number of aromatic nitrogens is 2. The molecule has 0 bridgehead atoms. The molecule has 31 heavy (non-hydrogen) atoms. The number of benzene rings is 1. The van der Waals surface area contributed by atoms with Gasteiger partial charge in [0.25, 0.3) is 11.5 Å². The minimum Gasteiger partial charge on any atom is -0.403 e. The summed E-state index contributed by atoms with van der Waals surface area (Å²) in [6, 6.07) is 2.79. The number of rotatable bonds is 6. The number of amides is 1. The van der Waals surface area contributed by atoms with Crippen molar-refractivity contribution in [2.24, 2.45) is 5.92 Å². The second kappa shape index (κ2) is 9.18. The number of nitrogens with zero attached hydrogens (tertiary/aromatic N) is 1. The summed E-state index contributed by atoms with van der Waals surface area (Å²) in [5, 5.41) is 2.52. The van der Waals surface area contributed by atoms with Gasteiger partial charge in [0.2, 0.25) is 0 Å². The summed E-state index contributed by atoms with van der Waals surface area (Å²) < 4.78 is 59.6. The van der Waals surface area contributed by atoms with E-state index in [1.54, 1.807) is 0 Å². The van der Waals surface area contributed by atoms with Gasteiger partial charge in [-0.25, -0.2) is 9.37 Å². The van der Waals surface area contributed by atoms with Crippen LogP contribution in [0.2, 0.25) is 0 Å². The fraction of sp³-hybridized carbons (Fsp3) is 0.350. The van der Waals surface area contributed by atoms with E-state index >= 15 is 0 Å². The summed E-state index contributed by atoms with van der Waals surface area (Å²) in [5.74, 6) is 2.88. The molecular formula is C20H17F4N3O4. The van der Waals surface area contributed by atoms with Crippen LogP contribution < -0.4 is 15.6 Å². The quantitative estimate of drug-likeness (QED) is 0.533. The lowest BCUT2D eigenvalue weighted by molar-refractivity contribution is -0.275. The second-order valence-corrected chi connectivity index (χ2v) is 6.74. The first-order chi connectivity index (χ1) is 14.6. The van der Waals surface area contributed by atoms with Crippen molar-refractivity contribution in [1.29, 1.82) is 0 Å². The van der Waals surface area contributed by atoms with Gasteiger partial charge in [0.15, 0.2) is 17.4 Å². The second-order valence-electron chi connectivity index (χ2n) is 6.74. The van der Waals surface area contributed by atoms with E-state index in [-0.39, 0.29) is 29.6 Å². The highest BCUT2D eigenvalue weighted by Gasteiger charge is 2.32.